The molecule has 2 amide bonds. The van der Waals surface area contributed by atoms with Gasteiger partial charge in [0.25, 0.3) is 0 Å². The Hall–Kier alpha value is -3.59. The molecule has 1 saturated carbocycles. The lowest BCUT2D eigenvalue weighted by Crippen LogP contribution is -2.23. The number of rotatable bonds is 7. The summed E-state index contributed by atoms with van der Waals surface area (Å²) in [6.07, 6.45) is 4.12. The van der Waals surface area contributed by atoms with E-state index < -0.39 is 5.91 Å². The highest BCUT2D eigenvalue weighted by atomic mass is 32.2. The highest BCUT2D eigenvalue weighted by Crippen LogP contribution is 2.42. The molecule has 0 radical (unpaired) electrons. The number of carbonyl (C=O) groups is 2. The van der Waals surface area contributed by atoms with Crippen LogP contribution in [0.25, 0.3) is 22.3 Å². The second kappa shape index (κ2) is 8.16. The van der Waals surface area contributed by atoms with E-state index in [1.165, 1.54) is 11.8 Å². The molecule has 2 aromatic heterocycles. The predicted octanol–water partition coefficient (Wildman–Crippen LogP) is 3.98. The number of nitrogens with zero attached hydrogens (tertiary/aromatic N) is 3. The molecule has 1 aliphatic rings. The molecule has 8 nitrogen and oxygen atoms in total. The molecule has 0 aliphatic heterocycles. The first-order valence-electron chi connectivity index (χ1n) is 10.4. The van der Waals surface area contributed by atoms with Gasteiger partial charge in [-0.25, -0.2) is 0 Å². The third-order valence-electron chi connectivity index (χ3n) is 5.50. The number of nitrogens with two attached hydrogens (primary N) is 1. The maximum atomic E-state index is 12.8. The number of nitrogens with one attached hydrogen (secondary N) is 2. The van der Waals surface area contributed by atoms with Gasteiger partial charge in [-0.2, -0.15) is 0 Å². The van der Waals surface area contributed by atoms with Gasteiger partial charge in [0.05, 0.1) is 5.25 Å². The summed E-state index contributed by atoms with van der Waals surface area (Å²) in [7, 11) is 0. The van der Waals surface area contributed by atoms with E-state index in [1.807, 2.05) is 31.3 Å². The van der Waals surface area contributed by atoms with Gasteiger partial charge in [-0.05, 0) is 50.1 Å². The second-order valence-electron chi connectivity index (χ2n) is 7.85. The summed E-state index contributed by atoms with van der Waals surface area (Å²) in [4.78, 5) is 27.3. The fourth-order valence-electron chi connectivity index (χ4n) is 3.63. The standard InChI is InChI=1S/C23H22N6O2S/c1-13(22(31)26-15-8-6-14(7-9-15)20(24)30)32-23-28-27-21(29(23)16-10-11-16)18-12-25-19-5-3-2-4-17(18)19/h2-9,12-13,16,25H,10-11H2,1H3,(H2,24,30)(H,26,31). The van der Waals surface area contributed by atoms with Crippen molar-refractivity contribution in [2.75, 3.05) is 5.32 Å². The van der Waals surface area contributed by atoms with Crippen LogP contribution in [0.2, 0.25) is 0 Å². The number of primary amides is 1. The normalized spacial score (nSPS) is 14.4. The van der Waals surface area contributed by atoms with Crippen LogP contribution in [0.4, 0.5) is 5.69 Å². The van der Waals surface area contributed by atoms with Crippen molar-refractivity contribution in [1.29, 1.82) is 0 Å². The molecule has 1 atom stereocenters. The lowest BCUT2D eigenvalue weighted by atomic mass is 10.1. The lowest BCUT2D eigenvalue weighted by molar-refractivity contribution is -0.115. The maximum absolute atomic E-state index is 12.8. The summed E-state index contributed by atoms with van der Waals surface area (Å²) in [5, 5.41) is 13.2. The van der Waals surface area contributed by atoms with Crippen LogP contribution >= 0.6 is 11.8 Å². The van der Waals surface area contributed by atoms with Crippen molar-refractivity contribution < 1.29 is 9.59 Å². The van der Waals surface area contributed by atoms with Gasteiger partial charge in [0, 0.05) is 40.0 Å². The second-order valence-corrected chi connectivity index (χ2v) is 9.15. The molecule has 162 valence electrons. The van der Waals surface area contributed by atoms with Crippen molar-refractivity contribution in [3.63, 3.8) is 0 Å². The van der Waals surface area contributed by atoms with Gasteiger partial charge < -0.3 is 16.0 Å². The minimum Gasteiger partial charge on any atom is -0.366 e. The van der Waals surface area contributed by atoms with Gasteiger partial charge in [0.2, 0.25) is 11.8 Å². The van der Waals surface area contributed by atoms with Gasteiger partial charge in [0.15, 0.2) is 11.0 Å². The first-order chi connectivity index (χ1) is 15.5. The third-order valence-corrected chi connectivity index (χ3v) is 6.55. The topological polar surface area (TPSA) is 119 Å². The minimum absolute atomic E-state index is 0.152. The van der Waals surface area contributed by atoms with Crippen molar-refractivity contribution in [2.24, 2.45) is 5.73 Å². The number of aromatic amines is 1. The molecule has 0 saturated heterocycles. The number of carbonyl (C=O) groups excluding carboxylic acids is 2. The van der Waals surface area contributed by atoms with E-state index in [0.29, 0.717) is 17.3 Å². The van der Waals surface area contributed by atoms with Crippen LogP contribution in [0.3, 0.4) is 0 Å². The van der Waals surface area contributed by atoms with E-state index >= 15 is 0 Å². The van der Waals surface area contributed by atoms with Gasteiger partial charge in [0.1, 0.15) is 0 Å². The molecule has 1 fully saturated rings. The predicted molar refractivity (Wildman–Crippen MR) is 124 cm³/mol. The Morgan fingerprint density at radius 2 is 1.91 bits per heavy atom. The van der Waals surface area contributed by atoms with Crippen molar-refractivity contribution in [2.45, 2.75) is 36.2 Å². The number of hydrogen-bond donors (Lipinski definition) is 3. The largest absolute Gasteiger partial charge is 0.366 e. The maximum Gasteiger partial charge on any atom is 0.248 e. The van der Waals surface area contributed by atoms with Crippen molar-refractivity contribution in [1.82, 2.24) is 19.7 Å². The summed E-state index contributed by atoms with van der Waals surface area (Å²) >= 11 is 1.39. The number of thioether (sulfide) groups is 1. The van der Waals surface area contributed by atoms with Crippen LogP contribution in [-0.2, 0) is 4.79 Å². The molecule has 2 aromatic carbocycles. The van der Waals surface area contributed by atoms with E-state index in [4.69, 9.17) is 5.73 Å². The zero-order chi connectivity index (χ0) is 22.2. The first-order valence-corrected chi connectivity index (χ1v) is 11.3. The quantitative estimate of drug-likeness (QED) is 0.371. The van der Waals surface area contributed by atoms with E-state index in [9.17, 15) is 9.59 Å². The number of anilines is 1. The Morgan fingerprint density at radius 3 is 2.62 bits per heavy atom. The molecule has 0 spiro atoms. The Bertz CT molecular complexity index is 1310. The SMILES string of the molecule is CC(Sc1nnc(-c2c[nH]c3ccccc23)n1C1CC1)C(=O)Nc1ccc(C(N)=O)cc1. The molecule has 4 N–H and O–H groups in total. The van der Waals surface area contributed by atoms with Crippen molar-refractivity contribution in [3.05, 3.63) is 60.3 Å². The molecule has 1 aliphatic carbocycles. The Balaban J connectivity index is 1.36. The Labute approximate surface area is 188 Å². The molecule has 2 heterocycles. The number of fused-ring (bicyclic) bond motifs is 1. The van der Waals surface area contributed by atoms with Gasteiger partial charge >= 0.3 is 0 Å². The van der Waals surface area contributed by atoms with Crippen LogP contribution in [0.1, 0.15) is 36.2 Å². The molecule has 4 aromatic rings. The highest BCUT2D eigenvalue weighted by molar-refractivity contribution is 8.00. The van der Waals surface area contributed by atoms with E-state index in [2.05, 4.69) is 31.1 Å². The number of hydrogen-bond acceptors (Lipinski definition) is 5. The summed E-state index contributed by atoms with van der Waals surface area (Å²) in [6.45, 7) is 1.84. The van der Waals surface area contributed by atoms with Crippen LogP contribution in [-0.4, -0.2) is 36.8 Å². The smallest absolute Gasteiger partial charge is 0.248 e. The van der Waals surface area contributed by atoms with Crippen molar-refractivity contribution in [3.8, 4) is 11.4 Å². The molecule has 1 unspecified atom stereocenters. The fraction of sp³-hybridized carbons (Fsp3) is 0.217. The monoisotopic (exact) mass is 446 g/mol. The van der Waals surface area contributed by atoms with Gasteiger partial charge in [-0.1, -0.05) is 30.0 Å². The molecular weight excluding hydrogens is 424 g/mol. The highest BCUT2D eigenvalue weighted by Gasteiger charge is 2.32. The van der Waals surface area contributed by atoms with Crippen LogP contribution in [0, 0.1) is 0 Å². The average Bonchev–Trinajstić information content (AvgIpc) is 3.41. The summed E-state index contributed by atoms with van der Waals surface area (Å²) in [5.41, 5.74) is 8.33. The Kier molecular flexibility index (Phi) is 5.18. The number of benzene rings is 2. The molecule has 5 rings (SSSR count). The van der Waals surface area contributed by atoms with E-state index in [1.54, 1.807) is 24.3 Å². The summed E-state index contributed by atoms with van der Waals surface area (Å²) < 4.78 is 2.16. The number of amides is 2. The van der Waals surface area contributed by atoms with Gasteiger partial charge in [-0.15, -0.1) is 10.2 Å². The Morgan fingerprint density at radius 1 is 1.16 bits per heavy atom. The molecular formula is C23H22N6O2S. The zero-order valence-corrected chi connectivity index (χ0v) is 18.2. The van der Waals surface area contributed by atoms with Crippen LogP contribution < -0.4 is 11.1 Å². The van der Waals surface area contributed by atoms with Gasteiger partial charge in [-0.3, -0.25) is 14.2 Å². The lowest BCUT2D eigenvalue weighted by Gasteiger charge is -2.13. The molecule has 0 bridgehead atoms. The molecule has 32 heavy (non-hydrogen) atoms. The van der Waals surface area contributed by atoms with E-state index in [-0.39, 0.29) is 11.2 Å². The third kappa shape index (κ3) is 3.87. The summed E-state index contributed by atoms with van der Waals surface area (Å²) in [6, 6.07) is 15.0. The molecule has 9 heteroatoms. The average molecular weight is 447 g/mol. The number of aromatic nitrogens is 4. The number of H-pyrrole nitrogens is 1. The van der Waals surface area contributed by atoms with Crippen molar-refractivity contribution >= 4 is 40.2 Å². The zero-order valence-electron chi connectivity index (χ0n) is 17.4. The van der Waals surface area contributed by atoms with Crippen LogP contribution in [0.5, 0.6) is 0 Å². The first kappa shape index (κ1) is 20.3. The minimum atomic E-state index is -0.503. The number of para-hydroxylation sites is 1. The van der Waals surface area contributed by atoms with Crippen LogP contribution in [0.15, 0.2) is 59.9 Å². The fourth-order valence-corrected chi connectivity index (χ4v) is 4.55. The van der Waals surface area contributed by atoms with E-state index in [0.717, 1.165) is 40.3 Å². The summed E-state index contributed by atoms with van der Waals surface area (Å²) in [5.74, 6) is 0.167.